The lowest BCUT2D eigenvalue weighted by atomic mass is 10.1. The molecule has 0 aliphatic heterocycles. The summed E-state index contributed by atoms with van der Waals surface area (Å²) in [5, 5.41) is 44.9. The molecule has 232 valence electrons. The number of carbonyl (C=O) groups is 2. The Labute approximate surface area is 251 Å². The van der Waals surface area contributed by atoms with Crippen molar-refractivity contribution >= 4 is 34.7 Å². The zero-order chi connectivity index (χ0) is 33.0. The van der Waals surface area contributed by atoms with Crippen molar-refractivity contribution in [3.63, 3.8) is 0 Å². The number of esters is 2. The molecule has 0 spiro atoms. The second kappa shape index (κ2) is 12.9. The molecule has 0 saturated heterocycles. The summed E-state index contributed by atoms with van der Waals surface area (Å²) in [6.07, 6.45) is 5.33. The molecular formula is C26H22N8O11. The van der Waals surface area contributed by atoms with Gasteiger partial charge in [0.25, 0.3) is 22.7 Å². The maximum absolute atomic E-state index is 12.6. The molecule has 0 aliphatic carbocycles. The van der Waals surface area contributed by atoms with Gasteiger partial charge in [-0.1, -0.05) is 13.8 Å². The monoisotopic (exact) mass is 622 g/mol. The van der Waals surface area contributed by atoms with E-state index < -0.39 is 66.2 Å². The van der Waals surface area contributed by atoms with Crippen LogP contribution in [0.15, 0.2) is 61.4 Å². The Bertz CT molecular complexity index is 1720. The predicted octanol–water partition coefficient (Wildman–Crippen LogP) is 3.82. The fourth-order valence-corrected chi connectivity index (χ4v) is 4.28. The van der Waals surface area contributed by atoms with E-state index in [1.807, 2.05) is 0 Å². The number of ether oxygens (including phenoxy) is 1. The Morgan fingerprint density at radius 2 is 1.07 bits per heavy atom. The standard InChI is InChI=1S/C26H22N8O11/c1-15(7-17-11-29(13-27-17)21-5-3-19(31(37)38)9-23(21)33(41)42)25(35)45-26(36)16(2)8-18-12-30(14-28-18)22-6-4-20(32(39)40)10-24(22)34(43)44/h3-6,9-16H,7-8H2,1-2H3. The summed E-state index contributed by atoms with van der Waals surface area (Å²) in [6.45, 7) is 2.98. The summed E-state index contributed by atoms with van der Waals surface area (Å²) in [4.78, 5) is 75.4. The van der Waals surface area contributed by atoms with Crippen molar-refractivity contribution < 1.29 is 34.0 Å². The lowest BCUT2D eigenvalue weighted by Gasteiger charge is -2.12. The predicted molar refractivity (Wildman–Crippen MR) is 151 cm³/mol. The minimum atomic E-state index is -0.852. The Kier molecular flexibility index (Phi) is 9.01. The van der Waals surface area contributed by atoms with E-state index >= 15 is 0 Å². The van der Waals surface area contributed by atoms with Crippen molar-refractivity contribution in [2.24, 2.45) is 11.8 Å². The molecule has 4 rings (SSSR count). The average molecular weight is 623 g/mol. The van der Waals surface area contributed by atoms with Crippen LogP contribution < -0.4 is 0 Å². The van der Waals surface area contributed by atoms with Gasteiger partial charge in [0, 0.05) is 37.4 Å². The van der Waals surface area contributed by atoms with Crippen LogP contribution in [0.3, 0.4) is 0 Å². The molecular weight excluding hydrogens is 600 g/mol. The van der Waals surface area contributed by atoms with Crippen LogP contribution in [0.2, 0.25) is 0 Å². The maximum atomic E-state index is 12.6. The summed E-state index contributed by atoms with van der Waals surface area (Å²) in [5.74, 6) is -3.40. The van der Waals surface area contributed by atoms with E-state index in [4.69, 9.17) is 4.74 Å². The lowest BCUT2D eigenvalue weighted by molar-refractivity contribution is -0.394. The van der Waals surface area contributed by atoms with Crippen LogP contribution in [0.1, 0.15) is 25.2 Å². The average Bonchev–Trinajstić information content (AvgIpc) is 3.66. The van der Waals surface area contributed by atoms with E-state index in [1.165, 1.54) is 60.2 Å². The molecule has 45 heavy (non-hydrogen) atoms. The zero-order valence-electron chi connectivity index (χ0n) is 23.4. The number of non-ortho nitro benzene ring substituents is 2. The third-order valence-electron chi connectivity index (χ3n) is 6.60. The van der Waals surface area contributed by atoms with Crippen LogP contribution in [0, 0.1) is 52.3 Å². The number of rotatable bonds is 12. The maximum Gasteiger partial charge on any atom is 0.316 e. The Morgan fingerprint density at radius 1 is 0.689 bits per heavy atom. The van der Waals surface area contributed by atoms with Gasteiger partial charge < -0.3 is 4.74 Å². The van der Waals surface area contributed by atoms with Crippen molar-refractivity contribution in [3.8, 4) is 11.4 Å². The van der Waals surface area contributed by atoms with E-state index in [0.717, 1.165) is 24.3 Å². The fraction of sp³-hybridized carbons (Fsp3) is 0.231. The van der Waals surface area contributed by atoms with E-state index in [2.05, 4.69) is 9.97 Å². The number of benzene rings is 2. The molecule has 2 unspecified atom stereocenters. The largest absolute Gasteiger partial charge is 0.393 e. The number of imidazole rings is 2. The number of carbonyl (C=O) groups excluding carboxylic acids is 2. The van der Waals surface area contributed by atoms with E-state index in [0.29, 0.717) is 11.4 Å². The molecule has 0 saturated carbocycles. The molecule has 0 amide bonds. The van der Waals surface area contributed by atoms with Gasteiger partial charge in [-0.05, 0) is 12.1 Å². The van der Waals surface area contributed by atoms with Crippen molar-refractivity contribution in [1.82, 2.24) is 19.1 Å². The second-order valence-corrected chi connectivity index (χ2v) is 9.87. The van der Waals surface area contributed by atoms with Gasteiger partial charge in [0.15, 0.2) is 0 Å². The van der Waals surface area contributed by atoms with Gasteiger partial charge in [-0.2, -0.15) is 0 Å². The third kappa shape index (κ3) is 7.16. The minimum absolute atomic E-state index is 0.00664. The quantitative estimate of drug-likeness (QED) is 0.0943. The molecule has 0 fully saturated rings. The highest BCUT2D eigenvalue weighted by molar-refractivity contribution is 5.87. The van der Waals surface area contributed by atoms with Gasteiger partial charge >= 0.3 is 11.9 Å². The normalized spacial score (nSPS) is 12.2. The number of nitro groups is 4. The van der Waals surface area contributed by atoms with Gasteiger partial charge in [0.05, 0.1) is 67.7 Å². The Hall–Kier alpha value is -6.40. The van der Waals surface area contributed by atoms with Crippen molar-refractivity contribution in [2.75, 3.05) is 0 Å². The molecule has 2 aromatic carbocycles. The van der Waals surface area contributed by atoms with E-state index in [9.17, 15) is 50.0 Å². The molecule has 19 nitrogen and oxygen atoms in total. The van der Waals surface area contributed by atoms with Crippen LogP contribution in [0.25, 0.3) is 11.4 Å². The third-order valence-corrected chi connectivity index (χ3v) is 6.60. The first-order chi connectivity index (χ1) is 21.2. The first-order valence-electron chi connectivity index (χ1n) is 12.9. The highest BCUT2D eigenvalue weighted by Gasteiger charge is 2.26. The molecule has 2 heterocycles. The van der Waals surface area contributed by atoms with Crippen molar-refractivity contribution in [2.45, 2.75) is 26.7 Å². The summed E-state index contributed by atoms with van der Waals surface area (Å²) in [5.41, 5.74) is -1.24. The van der Waals surface area contributed by atoms with Crippen LogP contribution in [0.4, 0.5) is 22.7 Å². The molecule has 19 heteroatoms. The number of hydrogen-bond donors (Lipinski definition) is 0. The number of hydrogen-bond acceptors (Lipinski definition) is 13. The fourth-order valence-electron chi connectivity index (χ4n) is 4.28. The van der Waals surface area contributed by atoms with Gasteiger partial charge in [0.2, 0.25) is 0 Å². The summed E-state index contributed by atoms with van der Waals surface area (Å²) >= 11 is 0. The molecule has 2 atom stereocenters. The number of nitrogens with zero attached hydrogens (tertiary/aromatic N) is 8. The topological polar surface area (TPSA) is 252 Å². The van der Waals surface area contributed by atoms with Crippen LogP contribution >= 0.6 is 0 Å². The summed E-state index contributed by atoms with van der Waals surface area (Å²) in [7, 11) is 0. The Morgan fingerprint density at radius 3 is 1.40 bits per heavy atom. The SMILES string of the molecule is CC(Cc1cn(-c2ccc([N+](=O)[O-])cc2[N+](=O)[O-])cn1)C(=O)OC(=O)C(C)Cc1cn(-c2ccc([N+](=O)[O-])cc2[N+](=O)[O-])cn1. The molecule has 2 aromatic heterocycles. The van der Waals surface area contributed by atoms with Crippen molar-refractivity contribution in [3.05, 3.63) is 113 Å². The van der Waals surface area contributed by atoms with Crippen LogP contribution in [-0.4, -0.2) is 50.7 Å². The molecule has 0 radical (unpaired) electrons. The zero-order valence-corrected chi connectivity index (χ0v) is 23.4. The van der Waals surface area contributed by atoms with Crippen molar-refractivity contribution in [1.29, 1.82) is 0 Å². The van der Waals surface area contributed by atoms with Gasteiger partial charge in [-0.25, -0.2) is 9.97 Å². The Balaban J connectivity index is 1.38. The summed E-state index contributed by atoms with van der Waals surface area (Å²) in [6, 6.07) is 6.28. The van der Waals surface area contributed by atoms with E-state index in [-0.39, 0.29) is 24.2 Å². The number of aromatic nitrogens is 4. The molecule has 0 bridgehead atoms. The minimum Gasteiger partial charge on any atom is -0.393 e. The summed E-state index contributed by atoms with van der Waals surface area (Å²) < 4.78 is 7.59. The molecule has 0 N–H and O–H groups in total. The molecule has 0 aliphatic rings. The van der Waals surface area contributed by atoms with E-state index in [1.54, 1.807) is 0 Å². The first kappa shape index (κ1) is 31.5. The highest BCUT2D eigenvalue weighted by atomic mass is 16.6. The van der Waals surface area contributed by atoms with Gasteiger partial charge in [0.1, 0.15) is 11.4 Å². The second-order valence-electron chi connectivity index (χ2n) is 9.87. The number of nitro benzene ring substituents is 4. The smallest absolute Gasteiger partial charge is 0.316 e. The molecule has 4 aromatic rings. The van der Waals surface area contributed by atoms with Crippen LogP contribution in [-0.2, 0) is 27.2 Å². The first-order valence-corrected chi connectivity index (χ1v) is 12.9. The van der Waals surface area contributed by atoms with Gasteiger partial charge in [-0.15, -0.1) is 0 Å². The van der Waals surface area contributed by atoms with Crippen LogP contribution in [0.5, 0.6) is 0 Å². The lowest BCUT2D eigenvalue weighted by Crippen LogP contribution is -2.25. The highest BCUT2D eigenvalue weighted by Crippen LogP contribution is 2.29. The van der Waals surface area contributed by atoms with Gasteiger partial charge in [-0.3, -0.25) is 59.2 Å².